The second-order valence-electron chi connectivity index (χ2n) is 4.54. The van der Waals surface area contributed by atoms with Crippen molar-refractivity contribution in [1.29, 1.82) is 0 Å². The first-order chi connectivity index (χ1) is 9.94. The maximum absolute atomic E-state index is 12.5. The van der Waals surface area contributed by atoms with Gasteiger partial charge in [-0.3, -0.25) is 4.72 Å². The molecule has 0 fully saturated rings. The summed E-state index contributed by atoms with van der Waals surface area (Å²) in [5.74, 6) is 0.289. The van der Waals surface area contributed by atoms with Crippen LogP contribution in [0.15, 0.2) is 45.9 Å². The maximum atomic E-state index is 12.5. The Labute approximate surface area is 133 Å². The first-order valence-electron chi connectivity index (χ1n) is 6.31. The molecule has 0 amide bonds. The monoisotopic (exact) mass is 369 g/mol. The zero-order valence-electron chi connectivity index (χ0n) is 11.7. The molecule has 0 unspecified atom stereocenters. The van der Waals surface area contributed by atoms with Gasteiger partial charge in [0.1, 0.15) is 5.82 Å². The minimum atomic E-state index is -3.65. The molecular weight excluding hydrogens is 354 g/mol. The first kappa shape index (κ1) is 15.9. The Morgan fingerprint density at radius 2 is 2.00 bits per heavy atom. The van der Waals surface area contributed by atoms with Gasteiger partial charge in [-0.25, -0.2) is 13.4 Å². The van der Waals surface area contributed by atoms with Crippen LogP contribution in [0, 0.1) is 6.92 Å². The molecule has 1 aromatic heterocycles. The molecule has 0 radical (unpaired) electrons. The lowest BCUT2D eigenvalue weighted by molar-refractivity contribution is 0.600. The number of hydrogen-bond donors (Lipinski definition) is 2. The number of aromatic nitrogens is 1. The fraction of sp³-hybridized carbons (Fsp3) is 0.214. The minimum Gasteiger partial charge on any atom is -0.316 e. The summed E-state index contributed by atoms with van der Waals surface area (Å²) in [7, 11) is -1.83. The van der Waals surface area contributed by atoms with Crippen molar-refractivity contribution in [1.82, 2.24) is 10.3 Å². The van der Waals surface area contributed by atoms with Crippen molar-refractivity contribution in [3.05, 3.63) is 52.1 Å². The van der Waals surface area contributed by atoms with Crippen molar-refractivity contribution in [2.45, 2.75) is 18.4 Å². The van der Waals surface area contributed by atoms with E-state index in [1.54, 1.807) is 37.4 Å². The number of pyridine rings is 1. The van der Waals surface area contributed by atoms with Crippen LogP contribution in [-0.2, 0) is 16.6 Å². The van der Waals surface area contributed by atoms with E-state index in [2.05, 4.69) is 31.0 Å². The number of sulfonamides is 1. The lowest BCUT2D eigenvalue weighted by Crippen LogP contribution is -2.16. The highest BCUT2D eigenvalue weighted by atomic mass is 79.9. The summed E-state index contributed by atoms with van der Waals surface area (Å²) in [5.41, 5.74) is 1.68. The van der Waals surface area contributed by atoms with Gasteiger partial charge >= 0.3 is 0 Å². The van der Waals surface area contributed by atoms with Crippen molar-refractivity contribution in [2.75, 3.05) is 11.8 Å². The van der Waals surface area contributed by atoms with Gasteiger partial charge in [-0.05, 0) is 59.2 Å². The van der Waals surface area contributed by atoms with Gasteiger partial charge in [0.05, 0.1) is 4.90 Å². The molecule has 0 saturated carbocycles. The minimum absolute atomic E-state index is 0.264. The molecule has 112 valence electrons. The smallest absolute Gasteiger partial charge is 0.263 e. The summed E-state index contributed by atoms with van der Waals surface area (Å²) in [6.45, 7) is 2.42. The van der Waals surface area contributed by atoms with Crippen LogP contribution in [0.2, 0.25) is 0 Å². The van der Waals surface area contributed by atoms with Gasteiger partial charge in [0.15, 0.2) is 0 Å². The second-order valence-corrected chi connectivity index (χ2v) is 7.10. The molecule has 1 heterocycles. The van der Waals surface area contributed by atoms with Gasteiger partial charge in [0.25, 0.3) is 10.0 Å². The average molecular weight is 370 g/mol. The van der Waals surface area contributed by atoms with Gasteiger partial charge in [-0.1, -0.05) is 12.1 Å². The lowest BCUT2D eigenvalue weighted by Gasteiger charge is -2.13. The predicted molar refractivity (Wildman–Crippen MR) is 86.7 cm³/mol. The number of benzene rings is 1. The number of nitrogens with zero attached hydrogens (tertiary/aromatic N) is 1. The van der Waals surface area contributed by atoms with E-state index in [9.17, 15) is 8.42 Å². The largest absolute Gasteiger partial charge is 0.316 e. The Kier molecular flexibility index (Phi) is 4.97. The molecule has 2 aromatic rings. The number of rotatable bonds is 5. The van der Waals surface area contributed by atoms with Crippen LogP contribution in [0.3, 0.4) is 0 Å². The molecule has 21 heavy (non-hydrogen) atoms. The van der Waals surface area contributed by atoms with E-state index in [1.807, 2.05) is 13.1 Å². The van der Waals surface area contributed by atoms with Crippen molar-refractivity contribution in [3.63, 3.8) is 0 Å². The summed E-state index contributed by atoms with van der Waals surface area (Å²) in [5, 5.41) is 3.03. The Balaban J connectivity index is 2.35. The highest BCUT2D eigenvalue weighted by Gasteiger charge is 2.18. The summed E-state index contributed by atoms with van der Waals surface area (Å²) in [4.78, 5) is 4.29. The van der Waals surface area contributed by atoms with Gasteiger partial charge in [-0.2, -0.15) is 0 Å². The van der Waals surface area contributed by atoms with Crippen LogP contribution >= 0.6 is 15.9 Å². The van der Waals surface area contributed by atoms with Crippen molar-refractivity contribution in [2.24, 2.45) is 0 Å². The third-order valence-electron chi connectivity index (χ3n) is 3.02. The van der Waals surface area contributed by atoms with E-state index in [4.69, 9.17) is 0 Å². The van der Waals surface area contributed by atoms with Gasteiger partial charge in [0.2, 0.25) is 0 Å². The molecular formula is C14H16BrN3O2S. The van der Waals surface area contributed by atoms with Gasteiger partial charge < -0.3 is 5.32 Å². The molecule has 0 bridgehead atoms. The molecule has 0 aliphatic rings. The molecule has 0 saturated heterocycles. The Hall–Kier alpha value is -1.44. The molecule has 0 spiro atoms. The highest BCUT2D eigenvalue weighted by Crippen LogP contribution is 2.21. The average Bonchev–Trinajstić information content (AvgIpc) is 2.43. The normalized spacial score (nSPS) is 11.4. The number of halogens is 1. The molecule has 0 aliphatic carbocycles. The first-order valence-corrected chi connectivity index (χ1v) is 8.59. The predicted octanol–water partition coefficient (Wildman–Crippen LogP) is 2.67. The number of nitrogens with one attached hydrogen (secondary N) is 2. The van der Waals surface area contributed by atoms with Gasteiger partial charge in [-0.15, -0.1) is 0 Å². The van der Waals surface area contributed by atoms with Crippen LogP contribution in [0.4, 0.5) is 5.82 Å². The quantitative estimate of drug-likeness (QED) is 0.849. The van der Waals surface area contributed by atoms with E-state index >= 15 is 0 Å². The van der Waals surface area contributed by atoms with E-state index < -0.39 is 10.0 Å². The van der Waals surface area contributed by atoms with Crippen molar-refractivity contribution in [3.8, 4) is 0 Å². The molecule has 0 atom stereocenters. The van der Waals surface area contributed by atoms with Crippen LogP contribution in [-0.4, -0.2) is 20.4 Å². The molecule has 0 aliphatic heterocycles. The van der Waals surface area contributed by atoms with E-state index in [0.29, 0.717) is 6.54 Å². The fourth-order valence-electron chi connectivity index (χ4n) is 1.96. The zero-order chi connectivity index (χ0) is 15.5. The SMILES string of the molecule is CNCc1cccc(S(=O)(=O)Nc2ccc(Br)cn2)c1C. The molecule has 1 aromatic carbocycles. The van der Waals surface area contributed by atoms with Crippen molar-refractivity contribution >= 4 is 31.8 Å². The Morgan fingerprint density at radius 3 is 2.62 bits per heavy atom. The second kappa shape index (κ2) is 6.55. The van der Waals surface area contributed by atoms with Crippen LogP contribution < -0.4 is 10.0 Å². The zero-order valence-corrected chi connectivity index (χ0v) is 14.1. The molecule has 2 rings (SSSR count). The van der Waals surface area contributed by atoms with Crippen LogP contribution in [0.5, 0.6) is 0 Å². The number of anilines is 1. The molecule has 5 nitrogen and oxygen atoms in total. The topological polar surface area (TPSA) is 71.1 Å². The Morgan fingerprint density at radius 1 is 1.24 bits per heavy atom. The van der Waals surface area contributed by atoms with E-state index in [1.165, 1.54) is 0 Å². The third kappa shape index (κ3) is 3.81. The molecule has 7 heteroatoms. The van der Waals surface area contributed by atoms with E-state index in [-0.39, 0.29) is 10.7 Å². The van der Waals surface area contributed by atoms with Crippen molar-refractivity contribution < 1.29 is 8.42 Å². The maximum Gasteiger partial charge on any atom is 0.263 e. The Bertz CT molecular complexity index is 730. The summed E-state index contributed by atoms with van der Waals surface area (Å²) in [6.07, 6.45) is 1.54. The number of hydrogen-bond acceptors (Lipinski definition) is 4. The fourth-order valence-corrected chi connectivity index (χ4v) is 3.49. The van der Waals surface area contributed by atoms with Gasteiger partial charge in [0, 0.05) is 17.2 Å². The van der Waals surface area contributed by atoms with Crippen LogP contribution in [0.25, 0.3) is 0 Å². The third-order valence-corrected chi connectivity index (χ3v) is 4.99. The van der Waals surface area contributed by atoms with Crippen LogP contribution in [0.1, 0.15) is 11.1 Å². The molecule has 2 N–H and O–H groups in total. The van der Waals surface area contributed by atoms with E-state index in [0.717, 1.165) is 15.6 Å². The highest BCUT2D eigenvalue weighted by molar-refractivity contribution is 9.10. The summed E-state index contributed by atoms with van der Waals surface area (Å²) in [6, 6.07) is 8.57. The summed E-state index contributed by atoms with van der Waals surface area (Å²) >= 11 is 3.26. The summed E-state index contributed by atoms with van der Waals surface area (Å²) < 4.78 is 28.2. The lowest BCUT2D eigenvalue weighted by atomic mass is 10.1. The standard InChI is InChI=1S/C14H16BrN3O2S/c1-10-11(8-16-2)4-3-5-13(10)21(19,20)18-14-7-6-12(15)9-17-14/h3-7,9,16H,8H2,1-2H3,(H,17,18).